The van der Waals surface area contributed by atoms with Crippen molar-refractivity contribution in [2.75, 3.05) is 20.3 Å². The molecule has 0 fully saturated rings. The van der Waals surface area contributed by atoms with Crippen LogP contribution >= 0.6 is 0 Å². The summed E-state index contributed by atoms with van der Waals surface area (Å²) in [5.41, 5.74) is 0.947. The minimum absolute atomic E-state index is 0.0530. The average molecular weight is 240 g/mol. The zero-order valence-electron chi connectivity index (χ0n) is 9.61. The van der Waals surface area contributed by atoms with Crippen molar-refractivity contribution in [3.63, 3.8) is 0 Å². The van der Waals surface area contributed by atoms with Gasteiger partial charge in [-0.3, -0.25) is 15.0 Å². The van der Waals surface area contributed by atoms with E-state index in [0.29, 0.717) is 6.54 Å². The number of rotatable bonds is 6. The monoisotopic (exact) mass is 240 g/mol. The predicted octanol–water partition coefficient (Wildman–Crippen LogP) is 0.380. The van der Waals surface area contributed by atoms with Gasteiger partial charge in [0.2, 0.25) is 0 Å². The molecule has 0 aliphatic rings. The number of aliphatic hydroxyl groups is 2. The summed E-state index contributed by atoms with van der Waals surface area (Å²) < 4.78 is 0. The van der Waals surface area contributed by atoms with Crippen molar-refractivity contribution in [1.82, 2.24) is 4.90 Å². The molecule has 17 heavy (non-hydrogen) atoms. The molecule has 0 spiro atoms. The summed E-state index contributed by atoms with van der Waals surface area (Å²) in [6.45, 7) is 0.268. The van der Waals surface area contributed by atoms with Crippen LogP contribution in [0.2, 0.25) is 0 Å². The number of hydrogen-bond acceptors (Lipinski definition) is 5. The fraction of sp³-hybridized carbons (Fsp3) is 0.455. The predicted molar refractivity (Wildman–Crippen MR) is 62.5 cm³/mol. The number of nitrogens with zero attached hydrogens (tertiary/aromatic N) is 2. The normalized spacial score (nSPS) is 11.1. The number of non-ortho nitro benzene ring substituents is 1. The van der Waals surface area contributed by atoms with E-state index in [4.69, 9.17) is 10.2 Å². The van der Waals surface area contributed by atoms with E-state index >= 15 is 0 Å². The maximum atomic E-state index is 10.5. The third-order valence-corrected chi connectivity index (χ3v) is 2.62. The Morgan fingerprint density at radius 2 is 1.82 bits per heavy atom. The van der Waals surface area contributed by atoms with Crippen molar-refractivity contribution in [2.45, 2.75) is 12.6 Å². The second-order valence-electron chi connectivity index (χ2n) is 3.86. The molecule has 1 aromatic rings. The van der Waals surface area contributed by atoms with Crippen LogP contribution < -0.4 is 0 Å². The highest BCUT2D eigenvalue weighted by Crippen LogP contribution is 2.13. The summed E-state index contributed by atoms with van der Waals surface area (Å²) in [7, 11) is 1.78. The number of hydrogen-bond donors (Lipinski definition) is 2. The van der Waals surface area contributed by atoms with Crippen LogP contribution in [0.25, 0.3) is 0 Å². The van der Waals surface area contributed by atoms with Gasteiger partial charge in [-0.1, -0.05) is 12.1 Å². The van der Waals surface area contributed by atoms with Crippen molar-refractivity contribution in [1.29, 1.82) is 0 Å². The lowest BCUT2D eigenvalue weighted by Gasteiger charge is -2.24. The van der Waals surface area contributed by atoms with Crippen LogP contribution in [0.5, 0.6) is 0 Å². The van der Waals surface area contributed by atoms with Crippen molar-refractivity contribution in [3.05, 3.63) is 39.9 Å². The van der Waals surface area contributed by atoms with Crippen LogP contribution in [-0.4, -0.2) is 46.3 Å². The third-order valence-electron chi connectivity index (χ3n) is 2.62. The van der Waals surface area contributed by atoms with Crippen LogP contribution in [0.3, 0.4) is 0 Å². The van der Waals surface area contributed by atoms with E-state index in [1.165, 1.54) is 12.1 Å². The van der Waals surface area contributed by atoms with Gasteiger partial charge in [0.15, 0.2) is 0 Å². The molecule has 0 radical (unpaired) electrons. The summed E-state index contributed by atoms with van der Waals surface area (Å²) >= 11 is 0. The molecule has 6 heteroatoms. The first kappa shape index (κ1) is 13.6. The lowest BCUT2D eigenvalue weighted by atomic mass is 10.2. The first-order chi connectivity index (χ1) is 8.08. The molecule has 1 rings (SSSR count). The Labute approximate surface area is 99.3 Å². The number of benzene rings is 1. The van der Waals surface area contributed by atoms with Gasteiger partial charge in [0.05, 0.1) is 24.2 Å². The maximum Gasteiger partial charge on any atom is 0.269 e. The first-order valence-corrected chi connectivity index (χ1v) is 5.23. The SMILES string of the molecule is CN(Cc1ccc([N+](=O)[O-])cc1)C(CO)CO. The average Bonchev–Trinajstić information content (AvgIpc) is 2.31. The van der Waals surface area contributed by atoms with Crippen LogP contribution in [0.4, 0.5) is 5.69 Å². The first-order valence-electron chi connectivity index (χ1n) is 5.23. The van der Waals surface area contributed by atoms with Gasteiger partial charge in [-0.25, -0.2) is 0 Å². The van der Waals surface area contributed by atoms with Crippen molar-refractivity contribution in [3.8, 4) is 0 Å². The molecule has 0 saturated carbocycles. The molecule has 0 aromatic heterocycles. The van der Waals surface area contributed by atoms with Gasteiger partial charge in [-0.15, -0.1) is 0 Å². The molecule has 0 amide bonds. The standard InChI is InChI=1S/C11H16N2O4/c1-12(11(7-14)8-15)6-9-2-4-10(5-3-9)13(16)17/h2-5,11,14-15H,6-8H2,1H3. The van der Waals surface area contributed by atoms with Crippen LogP contribution in [0.15, 0.2) is 24.3 Å². The fourth-order valence-corrected chi connectivity index (χ4v) is 1.48. The Bertz CT molecular complexity index is 362. The molecule has 0 saturated heterocycles. The highest BCUT2D eigenvalue weighted by Gasteiger charge is 2.13. The minimum atomic E-state index is -0.447. The summed E-state index contributed by atoms with van der Waals surface area (Å²) in [6.07, 6.45) is 0. The van der Waals surface area contributed by atoms with E-state index in [1.807, 2.05) is 0 Å². The highest BCUT2D eigenvalue weighted by molar-refractivity contribution is 5.32. The number of aliphatic hydroxyl groups excluding tert-OH is 2. The molecular weight excluding hydrogens is 224 g/mol. The largest absolute Gasteiger partial charge is 0.395 e. The van der Waals surface area contributed by atoms with Gasteiger partial charge >= 0.3 is 0 Å². The molecular formula is C11H16N2O4. The second-order valence-corrected chi connectivity index (χ2v) is 3.86. The van der Waals surface area contributed by atoms with E-state index < -0.39 is 4.92 Å². The van der Waals surface area contributed by atoms with E-state index in [0.717, 1.165) is 5.56 Å². The van der Waals surface area contributed by atoms with E-state index in [-0.39, 0.29) is 24.9 Å². The van der Waals surface area contributed by atoms with Crippen LogP contribution in [-0.2, 0) is 6.54 Å². The highest BCUT2D eigenvalue weighted by atomic mass is 16.6. The summed E-state index contributed by atoms with van der Waals surface area (Å²) in [5, 5.41) is 28.5. The number of nitro groups is 1. The topological polar surface area (TPSA) is 86.8 Å². The van der Waals surface area contributed by atoms with Gasteiger partial charge in [-0.05, 0) is 12.6 Å². The van der Waals surface area contributed by atoms with Gasteiger partial charge in [0.1, 0.15) is 0 Å². The van der Waals surface area contributed by atoms with Crippen molar-refractivity contribution in [2.24, 2.45) is 0 Å². The molecule has 6 nitrogen and oxygen atoms in total. The third kappa shape index (κ3) is 3.77. The molecule has 0 bridgehead atoms. The van der Waals surface area contributed by atoms with Crippen LogP contribution in [0.1, 0.15) is 5.56 Å². The molecule has 0 aliphatic carbocycles. The Morgan fingerprint density at radius 1 is 1.29 bits per heavy atom. The molecule has 1 aromatic carbocycles. The summed E-state index contributed by atoms with van der Waals surface area (Å²) in [4.78, 5) is 11.8. The van der Waals surface area contributed by atoms with Crippen LogP contribution in [0, 0.1) is 10.1 Å². The molecule has 94 valence electrons. The number of nitro benzene ring substituents is 1. The van der Waals surface area contributed by atoms with Crippen molar-refractivity contribution < 1.29 is 15.1 Å². The minimum Gasteiger partial charge on any atom is -0.395 e. The molecule has 0 atom stereocenters. The van der Waals surface area contributed by atoms with Gasteiger partial charge in [0, 0.05) is 18.7 Å². The molecule has 0 unspecified atom stereocenters. The lowest BCUT2D eigenvalue weighted by Crippen LogP contribution is -2.37. The van der Waals surface area contributed by atoms with Gasteiger partial charge in [-0.2, -0.15) is 0 Å². The Hall–Kier alpha value is -1.50. The van der Waals surface area contributed by atoms with E-state index in [9.17, 15) is 10.1 Å². The maximum absolute atomic E-state index is 10.5. The Kier molecular flexibility index (Phi) is 5.02. The Morgan fingerprint density at radius 3 is 2.24 bits per heavy atom. The van der Waals surface area contributed by atoms with E-state index in [1.54, 1.807) is 24.1 Å². The lowest BCUT2D eigenvalue weighted by molar-refractivity contribution is -0.384. The summed E-state index contributed by atoms with van der Waals surface area (Å²) in [5.74, 6) is 0. The summed E-state index contributed by atoms with van der Waals surface area (Å²) in [6, 6.07) is 5.90. The fourth-order valence-electron chi connectivity index (χ4n) is 1.48. The quantitative estimate of drug-likeness (QED) is 0.554. The van der Waals surface area contributed by atoms with Gasteiger partial charge < -0.3 is 10.2 Å². The van der Waals surface area contributed by atoms with Gasteiger partial charge in [0.25, 0.3) is 5.69 Å². The molecule has 0 aliphatic heterocycles. The Balaban J connectivity index is 2.65. The zero-order chi connectivity index (χ0) is 12.8. The van der Waals surface area contributed by atoms with E-state index in [2.05, 4.69) is 0 Å². The van der Waals surface area contributed by atoms with Crippen molar-refractivity contribution >= 4 is 5.69 Å². The number of likely N-dealkylation sites (N-methyl/N-ethyl adjacent to an activating group) is 1. The smallest absolute Gasteiger partial charge is 0.269 e. The zero-order valence-corrected chi connectivity index (χ0v) is 9.61. The molecule has 2 N–H and O–H groups in total. The second kappa shape index (κ2) is 6.29. The molecule has 0 heterocycles.